The van der Waals surface area contributed by atoms with Gasteiger partial charge in [0.25, 0.3) is 11.5 Å². The SMILES string of the molecule is O=C(NCCCCO)c1ccc(-c2ccc3[nH]c(=O)c(-c4cccs4)c(O)c3c2)cc1. The average molecular weight is 435 g/mol. The second kappa shape index (κ2) is 9.16. The number of aliphatic hydroxyl groups is 1. The number of amides is 1. The van der Waals surface area contributed by atoms with Gasteiger partial charge < -0.3 is 20.5 Å². The van der Waals surface area contributed by atoms with Gasteiger partial charge in [0.15, 0.2) is 0 Å². The summed E-state index contributed by atoms with van der Waals surface area (Å²) in [7, 11) is 0. The van der Waals surface area contributed by atoms with Crippen molar-refractivity contribution in [3.05, 3.63) is 75.9 Å². The molecule has 0 aliphatic heterocycles. The number of hydrogen-bond donors (Lipinski definition) is 4. The highest BCUT2D eigenvalue weighted by Crippen LogP contribution is 2.36. The van der Waals surface area contributed by atoms with Gasteiger partial charge in [0.2, 0.25) is 0 Å². The van der Waals surface area contributed by atoms with Gasteiger partial charge >= 0.3 is 0 Å². The lowest BCUT2D eigenvalue weighted by molar-refractivity contribution is 0.0952. The Balaban J connectivity index is 1.63. The van der Waals surface area contributed by atoms with Crippen molar-refractivity contribution in [3.8, 4) is 27.3 Å². The topological polar surface area (TPSA) is 102 Å². The smallest absolute Gasteiger partial charge is 0.260 e. The number of carbonyl (C=O) groups is 1. The first-order valence-corrected chi connectivity index (χ1v) is 10.9. The molecule has 4 aromatic rings. The summed E-state index contributed by atoms with van der Waals surface area (Å²) < 4.78 is 0. The number of rotatable bonds is 7. The quantitative estimate of drug-likeness (QED) is 0.328. The average Bonchev–Trinajstić information content (AvgIpc) is 3.31. The number of pyridine rings is 1. The van der Waals surface area contributed by atoms with Crippen molar-refractivity contribution >= 4 is 28.1 Å². The predicted molar refractivity (Wildman–Crippen MR) is 124 cm³/mol. The molecule has 0 unspecified atom stereocenters. The molecule has 2 heterocycles. The van der Waals surface area contributed by atoms with Crippen molar-refractivity contribution in [3.63, 3.8) is 0 Å². The van der Waals surface area contributed by atoms with Gasteiger partial charge in [-0.15, -0.1) is 11.3 Å². The third kappa shape index (κ3) is 4.38. The number of thiophene rings is 1. The molecule has 7 heteroatoms. The molecule has 0 bridgehead atoms. The molecule has 0 saturated heterocycles. The minimum Gasteiger partial charge on any atom is -0.506 e. The van der Waals surface area contributed by atoms with Crippen molar-refractivity contribution in [2.45, 2.75) is 12.8 Å². The Morgan fingerprint density at radius 2 is 1.81 bits per heavy atom. The largest absolute Gasteiger partial charge is 0.506 e. The second-order valence-corrected chi connectivity index (χ2v) is 8.13. The van der Waals surface area contributed by atoms with Crippen LogP contribution in [0, 0.1) is 0 Å². The van der Waals surface area contributed by atoms with Crippen molar-refractivity contribution in [2.24, 2.45) is 0 Å². The number of fused-ring (bicyclic) bond motifs is 1. The van der Waals surface area contributed by atoms with E-state index in [1.54, 1.807) is 24.3 Å². The van der Waals surface area contributed by atoms with E-state index < -0.39 is 0 Å². The highest BCUT2D eigenvalue weighted by molar-refractivity contribution is 7.13. The van der Waals surface area contributed by atoms with Gasteiger partial charge in [-0.1, -0.05) is 24.3 Å². The Bertz CT molecular complexity index is 1260. The number of aromatic nitrogens is 1. The fourth-order valence-electron chi connectivity index (χ4n) is 3.46. The third-order valence-corrected chi connectivity index (χ3v) is 5.99. The molecule has 0 spiro atoms. The van der Waals surface area contributed by atoms with Crippen LogP contribution in [-0.4, -0.2) is 34.3 Å². The molecule has 0 fully saturated rings. The Kier molecular flexibility index (Phi) is 6.16. The molecule has 1 amide bonds. The van der Waals surface area contributed by atoms with E-state index in [4.69, 9.17) is 5.11 Å². The van der Waals surface area contributed by atoms with Crippen LogP contribution in [0.15, 0.2) is 64.8 Å². The number of nitrogens with one attached hydrogen (secondary N) is 2. The summed E-state index contributed by atoms with van der Waals surface area (Å²) in [5.41, 5.74) is 2.82. The minimum atomic E-state index is -0.324. The number of H-pyrrole nitrogens is 1. The van der Waals surface area contributed by atoms with E-state index in [0.29, 0.717) is 34.3 Å². The van der Waals surface area contributed by atoms with Crippen LogP contribution in [-0.2, 0) is 0 Å². The molecule has 2 aromatic carbocycles. The summed E-state index contributed by atoms with van der Waals surface area (Å²) in [4.78, 5) is 28.2. The number of carbonyl (C=O) groups excluding carboxylic acids is 1. The lowest BCUT2D eigenvalue weighted by atomic mass is 10.0. The number of aromatic hydroxyl groups is 1. The first-order valence-electron chi connectivity index (χ1n) is 10.0. The molecule has 0 atom stereocenters. The van der Waals surface area contributed by atoms with Crippen molar-refractivity contribution < 1.29 is 15.0 Å². The zero-order valence-corrected chi connectivity index (χ0v) is 17.5. The van der Waals surface area contributed by atoms with Crippen molar-refractivity contribution in [2.75, 3.05) is 13.2 Å². The molecule has 6 nitrogen and oxygen atoms in total. The van der Waals surface area contributed by atoms with Crippen molar-refractivity contribution in [1.82, 2.24) is 10.3 Å². The predicted octanol–water partition coefficient (Wildman–Crippen LogP) is 4.13. The highest BCUT2D eigenvalue weighted by Gasteiger charge is 2.15. The molecule has 0 aliphatic rings. The highest BCUT2D eigenvalue weighted by atomic mass is 32.1. The molecule has 4 N–H and O–H groups in total. The number of benzene rings is 2. The fourth-order valence-corrected chi connectivity index (χ4v) is 4.23. The Morgan fingerprint density at radius 3 is 2.52 bits per heavy atom. The summed E-state index contributed by atoms with van der Waals surface area (Å²) in [6.45, 7) is 0.643. The molecule has 158 valence electrons. The Labute approximate surface area is 182 Å². The standard InChI is InChI=1S/C24H22N2O4S/c27-12-2-1-11-25-23(29)16-7-5-15(6-8-16)17-9-10-19-18(14-17)22(28)21(24(30)26-19)20-4-3-13-31-20/h3-10,13-14,27H,1-2,11-12H2,(H,25,29)(H2,26,28,30). The zero-order valence-electron chi connectivity index (χ0n) is 16.7. The van der Waals surface area contributed by atoms with E-state index >= 15 is 0 Å². The maximum atomic E-state index is 12.5. The monoisotopic (exact) mass is 434 g/mol. The fraction of sp³-hybridized carbons (Fsp3) is 0.167. The summed E-state index contributed by atoms with van der Waals surface area (Å²) in [6.07, 6.45) is 1.39. The number of aliphatic hydroxyl groups excluding tert-OH is 1. The summed E-state index contributed by atoms with van der Waals surface area (Å²) >= 11 is 1.40. The van der Waals surface area contributed by atoms with Gasteiger partial charge in [-0.05, 0) is 59.7 Å². The van der Waals surface area contributed by atoms with Gasteiger partial charge in [0.1, 0.15) is 5.75 Å². The molecule has 31 heavy (non-hydrogen) atoms. The number of hydrogen-bond acceptors (Lipinski definition) is 5. The van der Waals surface area contributed by atoms with Gasteiger partial charge in [0.05, 0.1) is 11.1 Å². The molecule has 4 rings (SSSR count). The van der Waals surface area contributed by atoms with Gasteiger partial charge in [-0.25, -0.2) is 0 Å². The van der Waals surface area contributed by atoms with Crippen LogP contribution >= 0.6 is 11.3 Å². The maximum Gasteiger partial charge on any atom is 0.260 e. The van der Waals surface area contributed by atoms with E-state index in [1.165, 1.54) is 11.3 Å². The number of unbranched alkanes of at least 4 members (excludes halogenated alkanes) is 1. The van der Waals surface area contributed by atoms with Gasteiger partial charge in [-0.2, -0.15) is 0 Å². The first kappa shape index (κ1) is 20.8. The number of aromatic amines is 1. The van der Waals surface area contributed by atoms with E-state index in [9.17, 15) is 14.7 Å². The maximum absolute atomic E-state index is 12.5. The Hall–Kier alpha value is -3.42. The van der Waals surface area contributed by atoms with Crippen LogP contribution < -0.4 is 10.9 Å². The van der Waals surface area contributed by atoms with Crippen LogP contribution in [0.2, 0.25) is 0 Å². The molecule has 0 aliphatic carbocycles. The van der Waals surface area contributed by atoms with E-state index in [2.05, 4.69) is 10.3 Å². The molecular formula is C24H22N2O4S. The van der Waals surface area contributed by atoms with Crippen LogP contribution in [0.4, 0.5) is 0 Å². The van der Waals surface area contributed by atoms with E-state index in [0.717, 1.165) is 17.5 Å². The van der Waals surface area contributed by atoms with Gasteiger partial charge in [-0.3, -0.25) is 9.59 Å². The van der Waals surface area contributed by atoms with E-state index in [1.807, 2.05) is 35.7 Å². The van der Waals surface area contributed by atoms with Gasteiger partial charge in [0, 0.05) is 29.0 Å². The summed E-state index contributed by atoms with van der Waals surface area (Å²) in [6, 6.07) is 16.3. The van der Waals surface area contributed by atoms with Crippen LogP contribution in [0.3, 0.4) is 0 Å². The summed E-state index contributed by atoms with van der Waals surface area (Å²) in [5, 5.41) is 24.9. The van der Waals surface area contributed by atoms with E-state index in [-0.39, 0.29) is 29.4 Å². The summed E-state index contributed by atoms with van der Waals surface area (Å²) in [5.74, 6) is -0.194. The molecule has 0 radical (unpaired) electrons. The normalized spacial score (nSPS) is 11.0. The first-order chi connectivity index (χ1) is 15.1. The lowest BCUT2D eigenvalue weighted by Gasteiger charge is -2.09. The lowest BCUT2D eigenvalue weighted by Crippen LogP contribution is -2.24. The van der Waals surface area contributed by atoms with Crippen LogP contribution in [0.1, 0.15) is 23.2 Å². The third-order valence-electron chi connectivity index (χ3n) is 5.11. The molecule has 2 aromatic heterocycles. The van der Waals surface area contributed by atoms with Crippen LogP contribution in [0.25, 0.3) is 32.5 Å². The van der Waals surface area contributed by atoms with Crippen LogP contribution in [0.5, 0.6) is 5.75 Å². The Morgan fingerprint density at radius 1 is 1.03 bits per heavy atom. The minimum absolute atomic E-state index is 0.0399. The molecule has 0 saturated carbocycles. The second-order valence-electron chi connectivity index (χ2n) is 7.18. The van der Waals surface area contributed by atoms with Crippen molar-refractivity contribution in [1.29, 1.82) is 0 Å². The zero-order chi connectivity index (χ0) is 21.8. The molecular weight excluding hydrogens is 412 g/mol.